The number of hydrogen-bond donors (Lipinski definition) is 1. The Hall–Kier alpha value is -1.93. The Balaban J connectivity index is 2.96. The van der Waals surface area contributed by atoms with E-state index in [1.165, 1.54) is 24.3 Å². The lowest BCUT2D eigenvalue weighted by atomic mass is 10.2. The summed E-state index contributed by atoms with van der Waals surface area (Å²) in [5, 5.41) is 0. The van der Waals surface area contributed by atoms with Crippen LogP contribution in [-0.2, 0) is 24.3 Å². The first-order valence-corrected chi connectivity index (χ1v) is 8.61. The molecule has 0 bridgehead atoms. The predicted molar refractivity (Wildman–Crippen MR) is 83.4 cm³/mol. The molecule has 1 aromatic rings. The molecule has 23 heavy (non-hydrogen) atoms. The van der Waals surface area contributed by atoms with Crippen molar-refractivity contribution in [2.45, 2.75) is 44.8 Å². The van der Waals surface area contributed by atoms with Gasteiger partial charge in [-0.05, 0) is 39.8 Å². The quantitative estimate of drug-likeness (QED) is 0.753. The van der Waals surface area contributed by atoms with E-state index in [4.69, 9.17) is 9.47 Å². The molecule has 0 unspecified atom stereocenters. The zero-order valence-corrected chi connectivity index (χ0v) is 14.3. The van der Waals surface area contributed by atoms with Crippen LogP contribution in [-0.4, -0.2) is 39.1 Å². The average Bonchev–Trinajstić information content (AvgIpc) is 2.44. The standard InChI is InChI=1S/C15H21NO6S/c1-10(2)21-14(17)9-16-23(19,20)13-8-6-5-7-12(13)15(18)22-11(3)4/h5-8,10-11,16H,9H2,1-4H3. The van der Waals surface area contributed by atoms with Crippen LogP contribution in [0.3, 0.4) is 0 Å². The van der Waals surface area contributed by atoms with Crippen LogP contribution in [0.25, 0.3) is 0 Å². The lowest BCUT2D eigenvalue weighted by molar-refractivity contribution is -0.145. The van der Waals surface area contributed by atoms with Crippen molar-refractivity contribution in [2.24, 2.45) is 0 Å². The van der Waals surface area contributed by atoms with Crippen LogP contribution in [0, 0.1) is 0 Å². The fourth-order valence-electron chi connectivity index (χ4n) is 1.68. The van der Waals surface area contributed by atoms with Gasteiger partial charge in [0.15, 0.2) is 0 Å². The van der Waals surface area contributed by atoms with E-state index in [2.05, 4.69) is 4.72 Å². The highest BCUT2D eigenvalue weighted by molar-refractivity contribution is 7.89. The topological polar surface area (TPSA) is 98.8 Å². The molecule has 0 radical (unpaired) electrons. The van der Waals surface area contributed by atoms with Gasteiger partial charge in [0.2, 0.25) is 10.0 Å². The predicted octanol–water partition coefficient (Wildman–Crippen LogP) is 1.48. The van der Waals surface area contributed by atoms with Gasteiger partial charge in [-0.15, -0.1) is 0 Å². The number of hydrogen-bond acceptors (Lipinski definition) is 6. The highest BCUT2D eigenvalue weighted by Crippen LogP contribution is 2.17. The molecule has 1 rings (SSSR count). The number of esters is 2. The van der Waals surface area contributed by atoms with Crippen molar-refractivity contribution in [1.29, 1.82) is 0 Å². The molecule has 0 amide bonds. The van der Waals surface area contributed by atoms with Gasteiger partial charge in [-0.1, -0.05) is 12.1 Å². The monoisotopic (exact) mass is 343 g/mol. The van der Waals surface area contributed by atoms with Gasteiger partial charge in [0.25, 0.3) is 0 Å². The summed E-state index contributed by atoms with van der Waals surface area (Å²) in [4.78, 5) is 23.2. The third kappa shape index (κ3) is 5.99. The Kier molecular flexibility index (Phi) is 6.71. The highest BCUT2D eigenvalue weighted by Gasteiger charge is 2.24. The van der Waals surface area contributed by atoms with Crippen molar-refractivity contribution >= 4 is 22.0 Å². The van der Waals surface area contributed by atoms with Gasteiger partial charge < -0.3 is 9.47 Å². The molecule has 0 heterocycles. The van der Waals surface area contributed by atoms with Gasteiger partial charge in [0.1, 0.15) is 6.54 Å². The van der Waals surface area contributed by atoms with E-state index >= 15 is 0 Å². The number of rotatable bonds is 7. The van der Waals surface area contributed by atoms with Crippen molar-refractivity contribution in [3.05, 3.63) is 29.8 Å². The van der Waals surface area contributed by atoms with E-state index in [1.54, 1.807) is 27.7 Å². The Morgan fingerprint density at radius 2 is 1.61 bits per heavy atom. The van der Waals surface area contributed by atoms with Crippen molar-refractivity contribution < 1.29 is 27.5 Å². The lowest BCUT2D eigenvalue weighted by Crippen LogP contribution is -2.32. The van der Waals surface area contributed by atoms with Gasteiger partial charge in [0, 0.05) is 0 Å². The van der Waals surface area contributed by atoms with Crippen LogP contribution in [0.5, 0.6) is 0 Å². The smallest absolute Gasteiger partial charge is 0.339 e. The molecular formula is C15H21NO6S. The summed E-state index contributed by atoms with van der Waals surface area (Å²) in [5.74, 6) is -1.45. The second-order valence-electron chi connectivity index (χ2n) is 5.31. The Labute approximate surface area is 136 Å². The first kappa shape index (κ1) is 19.1. The average molecular weight is 343 g/mol. The summed E-state index contributed by atoms with van der Waals surface area (Å²) < 4.78 is 36.6. The minimum atomic E-state index is -4.05. The molecule has 0 atom stereocenters. The molecule has 128 valence electrons. The van der Waals surface area contributed by atoms with Crippen LogP contribution in [0.15, 0.2) is 29.2 Å². The summed E-state index contributed by atoms with van der Waals surface area (Å²) in [6, 6.07) is 5.63. The van der Waals surface area contributed by atoms with Gasteiger partial charge in [-0.3, -0.25) is 4.79 Å². The zero-order valence-electron chi connectivity index (χ0n) is 13.5. The van der Waals surface area contributed by atoms with E-state index in [9.17, 15) is 18.0 Å². The minimum Gasteiger partial charge on any atom is -0.462 e. The molecule has 0 aliphatic heterocycles. The first-order valence-electron chi connectivity index (χ1n) is 7.12. The fourth-order valence-corrected chi connectivity index (χ4v) is 2.85. The van der Waals surface area contributed by atoms with Crippen molar-refractivity contribution in [2.75, 3.05) is 6.54 Å². The number of carbonyl (C=O) groups excluding carboxylic acids is 2. The SMILES string of the molecule is CC(C)OC(=O)CNS(=O)(=O)c1ccccc1C(=O)OC(C)C. The van der Waals surface area contributed by atoms with Crippen LogP contribution < -0.4 is 4.72 Å². The van der Waals surface area contributed by atoms with Crippen molar-refractivity contribution in [3.8, 4) is 0 Å². The second kappa shape index (κ2) is 8.07. The maximum atomic E-state index is 12.3. The molecule has 0 aliphatic carbocycles. The molecular weight excluding hydrogens is 322 g/mol. The molecule has 0 aromatic heterocycles. The van der Waals surface area contributed by atoms with Crippen LogP contribution in [0.1, 0.15) is 38.1 Å². The molecule has 7 nitrogen and oxygen atoms in total. The number of nitrogens with one attached hydrogen (secondary N) is 1. The maximum absolute atomic E-state index is 12.3. The van der Waals surface area contributed by atoms with Crippen LogP contribution in [0.2, 0.25) is 0 Å². The minimum absolute atomic E-state index is 0.0917. The number of benzene rings is 1. The Morgan fingerprint density at radius 3 is 2.17 bits per heavy atom. The molecule has 0 spiro atoms. The summed E-state index contributed by atoms with van der Waals surface area (Å²) in [7, 11) is -4.05. The summed E-state index contributed by atoms with van der Waals surface area (Å²) in [6.45, 7) is 6.12. The van der Waals surface area contributed by atoms with E-state index in [0.717, 1.165) is 0 Å². The number of carbonyl (C=O) groups is 2. The van der Waals surface area contributed by atoms with Gasteiger partial charge in [0.05, 0.1) is 22.7 Å². The molecule has 1 aromatic carbocycles. The molecule has 0 fully saturated rings. The van der Waals surface area contributed by atoms with Crippen molar-refractivity contribution in [3.63, 3.8) is 0 Å². The normalized spacial score (nSPS) is 11.6. The summed E-state index contributed by atoms with van der Waals surface area (Å²) >= 11 is 0. The fraction of sp³-hybridized carbons (Fsp3) is 0.467. The van der Waals surface area contributed by atoms with E-state index < -0.39 is 28.5 Å². The zero-order chi connectivity index (χ0) is 17.6. The molecule has 0 saturated heterocycles. The van der Waals surface area contributed by atoms with Crippen LogP contribution >= 0.6 is 0 Å². The first-order chi connectivity index (χ1) is 10.6. The summed E-state index contributed by atoms with van der Waals surface area (Å²) in [5.41, 5.74) is -0.0917. The summed E-state index contributed by atoms with van der Waals surface area (Å²) in [6.07, 6.45) is -0.729. The lowest BCUT2D eigenvalue weighted by Gasteiger charge is -2.13. The van der Waals surface area contributed by atoms with E-state index in [0.29, 0.717) is 0 Å². The Morgan fingerprint density at radius 1 is 1.04 bits per heavy atom. The maximum Gasteiger partial charge on any atom is 0.339 e. The number of sulfonamides is 1. The third-order valence-corrected chi connectivity index (χ3v) is 3.97. The highest BCUT2D eigenvalue weighted by atomic mass is 32.2. The van der Waals surface area contributed by atoms with Crippen molar-refractivity contribution in [1.82, 2.24) is 4.72 Å². The number of ether oxygens (including phenoxy) is 2. The Bertz CT molecular complexity index is 666. The molecule has 0 saturated carbocycles. The van der Waals surface area contributed by atoms with Gasteiger partial charge in [-0.25, -0.2) is 13.2 Å². The van der Waals surface area contributed by atoms with E-state index in [-0.39, 0.29) is 22.7 Å². The van der Waals surface area contributed by atoms with Gasteiger partial charge in [-0.2, -0.15) is 4.72 Å². The molecule has 1 N–H and O–H groups in total. The van der Waals surface area contributed by atoms with Crippen LogP contribution in [0.4, 0.5) is 0 Å². The molecule has 8 heteroatoms. The third-order valence-electron chi connectivity index (χ3n) is 2.51. The van der Waals surface area contributed by atoms with E-state index in [1.807, 2.05) is 0 Å². The largest absolute Gasteiger partial charge is 0.462 e. The molecule has 0 aliphatic rings. The second-order valence-corrected chi connectivity index (χ2v) is 7.05. The van der Waals surface area contributed by atoms with Gasteiger partial charge >= 0.3 is 11.9 Å².